The Hall–Kier alpha value is -2.61. The fourth-order valence-electron chi connectivity index (χ4n) is 8.70. The number of rotatable bonds is 15. The molecule has 2 aliphatic heterocycles. The Balaban J connectivity index is 1.26. The van der Waals surface area contributed by atoms with Gasteiger partial charge in [-0.3, -0.25) is 15.1 Å². The normalized spacial score (nSPS) is 23.3. The number of amides is 1. The van der Waals surface area contributed by atoms with Crippen molar-refractivity contribution in [2.24, 2.45) is 17.8 Å². The Morgan fingerprint density at radius 2 is 1.82 bits per heavy atom. The summed E-state index contributed by atoms with van der Waals surface area (Å²) in [7, 11) is 4.58. The zero-order valence-electron chi connectivity index (χ0n) is 28.8. The van der Waals surface area contributed by atoms with Crippen LogP contribution in [0.2, 0.25) is 0 Å². The lowest BCUT2D eigenvalue weighted by Gasteiger charge is -2.51. The Morgan fingerprint density at radius 3 is 2.49 bits per heavy atom. The maximum Gasteiger partial charge on any atom is 0.217 e. The van der Waals surface area contributed by atoms with Crippen LogP contribution in [0, 0.1) is 17.8 Å². The molecule has 1 saturated heterocycles. The first kappa shape index (κ1) is 33.7. The van der Waals surface area contributed by atoms with Crippen molar-refractivity contribution in [2.75, 3.05) is 56.8 Å². The number of carbonyl (C=O) groups excluding carboxylic acids is 1. The van der Waals surface area contributed by atoms with Gasteiger partial charge in [-0.05, 0) is 112 Å². The molecule has 248 valence electrons. The first-order valence-corrected chi connectivity index (χ1v) is 17.6. The summed E-state index contributed by atoms with van der Waals surface area (Å²) in [4.78, 5) is 19.9. The molecule has 2 heterocycles. The predicted molar refractivity (Wildman–Crippen MR) is 186 cm³/mol. The van der Waals surface area contributed by atoms with E-state index in [1.54, 1.807) is 6.92 Å². The molecule has 45 heavy (non-hydrogen) atoms. The number of carbonyl (C=O) groups is 1. The molecule has 2 aromatic carbocycles. The van der Waals surface area contributed by atoms with Crippen LogP contribution in [0.15, 0.2) is 48.5 Å². The molecule has 4 atom stereocenters. The van der Waals surface area contributed by atoms with Crippen LogP contribution in [0.1, 0.15) is 83.8 Å². The average Bonchev–Trinajstić information content (AvgIpc) is 3.75. The molecule has 3 unspecified atom stereocenters. The third-order valence-corrected chi connectivity index (χ3v) is 10.8. The molecule has 2 fully saturated rings. The number of anilines is 2. The van der Waals surface area contributed by atoms with Crippen LogP contribution in [0.3, 0.4) is 0 Å². The summed E-state index contributed by atoms with van der Waals surface area (Å²) < 4.78 is 0. The van der Waals surface area contributed by atoms with E-state index in [4.69, 9.17) is 0 Å². The van der Waals surface area contributed by atoms with Crippen molar-refractivity contribution in [3.63, 3.8) is 0 Å². The lowest BCUT2D eigenvalue weighted by molar-refractivity contribution is -0.119. The Bertz CT molecular complexity index is 1250. The number of likely N-dealkylation sites (N-methyl/N-ethyl adjacent to an activating group) is 1. The van der Waals surface area contributed by atoms with Gasteiger partial charge < -0.3 is 20.0 Å². The Morgan fingerprint density at radius 1 is 1.09 bits per heavy atom. The molecule has 0 bridgehead atoms. The maximum absolute atomic E-state index is 12.3. The molecule has 0 aromatic heterocycles. The van der Waals surface area contributed by atoms with Gasteiger partial charge in [0.05, 0.1) is 11.7 Å². The highest BCUT2D eigenvalue weighted by Gasteiger charge is 2.47. The van der Waals surface area contributed by atoms with Crippen molar-refractivity contribution in [1.82, 2.24) is 15.1 Å². The second-order valence-corrected chi connectivity index (χ2v) is 15.0. The van der Waals surface area contributed by atoms with Gasteiger partial charge in [0.2, 0.25) is 5.91 Å². The summed E-state index contributed by atoms with van der Waals surface area (Å²) in [6, 6.07) is 18.1. The number of hydroxylamine groups is 1. The lowest BCUT2D eigenvalue weighted by atomic mass is 9.59. The van der Waals surface area contributed by atoms with Crippen molar-refractivity contribution in [1.29, 1.82) is 0 Å². The number of fused-ring (bicyclic) bond motifs is 1. The summed E-state index contributed by atoms with van der Waals surface area (Å²) in [6.07, 6.45) is 7.59. The van der Waals surface area contributed by atoms with Crippen LogP contribution in [0.5, 0.6) is 0 Å². The second kappa shape index (κ2) is 14.9. The summed E-state index contributed by atoms with van der Waals surface area (Å²) in [6.45, 7) is 15.1. The van der Waals surface area contributed by atoms with E-state index in [1.165, 1.54) is 28.3 Å². The van der Waals surface area contributed by atoms with Gasteiger partial charge in [-0.25, -0.2) is 0 Å². The fourth-order valence-corrected chi connectivity index (χ4v) is 8.70. The zero-order chi connectivity index (χ0) is 32.1. The van der Waals surface area contributed by atoms with E-state index >= 15 is 0 Å². The molecule has 7 heteroatoms. The number of nitrogens with zero attached hydrogens (tertiary/aromatic N) is 4. The average molecular weight is 618 g/mol. The summed E-state index contributed by atoms with van der Waals surface area (Å²) >= 11 is 0. The molecule has 3 aliphatic rings. The molecule has 7 nitrogen and oxygen atoms in total. The minimum absolute atomic E-state index is 0.0130. The SMILES string of the molecule is CCC[C@H](CC1(C(CCN(C)CC2CCN(c3ccc(N(O)C4CC4)cc3)C2)C(C)C)CN(C)Cc2ccccc21)NC(C)=O. The molecule has 2 aromatic rings. The van der Waals surface area contributed by atoms with E-state index in [0.717, 1.165) is 83.5 Å². The van der Waals surface area contributed by atoms with E-state index in [0.29, 0.717) is 23.8 Å². The predicted octanol–water partition coefficient (Wildman–Crippen LogP) is 6.54. The molecular formula is C38H59N5O2. The topological polar surface area (TPSA) is 62.3 Å². The van der Waals surface area contributed by atoms with Crippen LogP contribution < -0.4 is 15.3 Å². The van der Waals surface area contributed by atoms with Crippen molar-refractivity contribution in [3.8, 4) is 0 Å². The number of hydrogen-bond acceptors (Lipinski definition) is 6. The van der Waals surface area contributed by atoms with Gasteiger partial charge >= 0.3 is 0 Å². The monoisotopic (exact) mass is 617 g/mol. The summed E-state index contributed by atoms with van der Waals surface area (Å²) in [5.41, 5.74) is 5.10. The largest absolute Gasteiger partial charge is 0.371 e. The zero-order valence-corrected chi connectivity index (χ0v) is 28.8. The maximum atomic E-state index is 12.3. The molecule has 5 rings (SSSR count). The van der Waals surface area contributed by atoms with Crippen molar-refractivity contribution in [2.45, 2.75) is 96.7 Å². The van der Waals surface area contributed by atoms with Gasteiger partial charge in [-0.15, -0.1) is 0 Å². The van der Waals surface area contributed by atoms with Gasteiger partial charge in [0, 0.05) is 56.8 Å². The first-order chi connectivity index (χ1) is 21.6. The molecule has 2 N–H and O–H groups in total. The van der Waals surface area contributed by atoms with E-state index in [1.807, 2.05) is 0 Å². The minimum Gasteiger partial charge on any atom is -0.371 e. The molecular weight excluding hydrogens is 558 g/mol. The third-order valence-electron chi connectivity index (χ3n) is 10.8. The molecule has 0 spiro atoms. The van der Waals surface area contributed by atoms with E-state index in [-0.39, 0.29) is 17.4 Å². The quantitative estimate of drug-likeness (QED) is 0.221. The first-order valence-electron chi connectivity index (χ1n) is 17.6. The van der Waals surface area contributed by atoms with Gasteiger partial charge in [0.1, 0.15) is 0 Å². The Kier molecular flexibility index (Phi) is 11.1. The Labute approximate surface area is 272 Å². The van der Waals surface area contributed by atoms with Crippen molar-refractivity contribution >= 4 is 17.3 Å². The second-order valence-electron chi connectivity index (χ2n) is 15.0. The number of benzene rings is 2. The van der Waals surface area contributed by atoms with Crippen LogP contribution in [0.4, 0.5) is 11.4 Å². The fraction of sp³-hybridized carbons (Fsp3) is 0.658. The molecule has 0 radical (unpaired) electrons. The summed E-state index contributed by atoms with van der Waals surface area (Å²) in [5.74, 6) is 1.75. The highest BCUT2D eigenvalue weighted by molar-refractivity contribution is 5.73. The highest BCUT2D eigenvalue weighted by atomic mass is 16.5. The van der Waals surface area contributed by atoms with Crippen LogP contribution >= 0.6 is 0 Å². The van der Waals surface area contributed by atoms with E-state index < -0.39 is 0 Å². The van der Waals surface area contributed by atoms with E-state index in [2.05, 4.69) is 103 Å². The van der Waals surface area contributed by atoms with Crippen LogP contribution in [-0.2, 0) is 16.8 Å². The van der Waals surface area contributed by atoms with Gasteiger partial charge in [-0.2, -0.15) is 0 Å². The lowest BCUT2D eigenvalue weighted by Crippen LogP contribution is -2.54. The number of hydrogen-bond donors (Lipinski definition) is 2. The van der Waals surface area contributed by atoms with E-state index in [9.17, 15) is 10.0 Å². The molecule has 1 aliphatic carbocycles. The summed E-state index contributed by atoms with van der Waals surface area (Å²) in [5, 5.41) is 15.1. The molecule has 1 amide bonds. The highest BCUT2D eigenvalue weighted by Crippen LogP contribution is 2.47. The smallest absolute Gasteiger partial charge is 0.217 e. The van der Waals surface area contributed by atoms with Crippen LogP contribution in [-0.4, -0.2) is 79.8 Å². The van der Waals surface area contributed by atoms with Crippen LogP contribution in [0.25, 0.3) is 0 Å². The van der Waals surface area contributed by atoms with Gasteiger partial charge in [0.15, 0.2) is 0 Å². The number of nitrogens with one attached hydrogen (secondary N) is 1. The third kappa shape index (κ3) is 8.22. The van der Waals surface area contributed by atoms with Gasteiger partial charge in [-0.1, -0.05) is 51.5 Å². The van der Waals surface area contributed by atoms with Crippen molar-refractivity contribution < 1.29 is 10.0 Å². The van der Waals surface area contributed by atoms with Crippen molar-refractivity contribution in [3.05, 3.63) is 59.7 Å². The standard InChI is InChI=1S/C38H59N5O2/c1-7-10-32(39-29(4)44)23-38(27-41(6)26-31-11-8-9-12-37(31)38)36(28(2)3)20-21-40(5)24-30-19-22-42(25-30)33-13-15-34(16-14-33)43(45)35-17-18-35/h8-9,11-16,28,30,32,35-36,45H,7,10,17-27H2,1-6H3,(H,39,44)/t30?,32-,36?,38?/m1/s1. The minimum atomic E-state index is -0.0130. The van der Waals surface area contributed by atoms with Gasteiger partial charge in [0.25, 0.3) is 0 Å². The molecule has 1 saturated carbocycles.